The van der Waals surface area contributed by atoms with Crippen LogP contribution in [0.4, 0.5) is 5.82 Å². The number of rotatable bonds is 1. The summed E-state index contributed by atoms with van der Waals surface area (Å²) in [5.74, 6) is 0.434. The molecule has 1 aromatic carbocycles. The van der Waals surface area contributed by atoms with Crippen LogP contribution in [-0.2, 0) is 5.41 Å². The number of hydrogen-bond donors (Lipinski definition) is 1. The number of aromatic nitrogens is 3. The molecule has 4 heteroatoms. The number of hydrogen-bond acceptors (Lipinski definition) is 3. The van der Waals surface area contributed by atoms with E-state index in [1.165, 1.54) is 5.56 Å². The summed E-state index contributed by atoms with van der Waals surface area (Å²) >= 11 is 0. The van der Waals surface area contributed by atoms with Crippen molar-refractivity contribution in [1.82, 2.24) is 15.0 Å². The first-order chi connectivity index (χ1) is 7.48. The summed E-state index contributed by atoms with van der Waals surface area (Å²) in [6.45, 7) is 6.52. The zero-order valence-corrected chi connectivity index (χ0v) is 9.81. The number of para-hydroxylation sites is 1. The molecule has 0 aliphatic heterocycles. The molecule has 0 aliphatic carbocycles. The maximum atomic E-state index is 5.58. The van der Waals surface area contributed by atoms with E-state index in [4.69, 9.17) is 5.73 Å². The zero-order chi connectivity index (χ0) is 11.8. The smallest absolute Gasteiger partial charge is 0.166 e. The molecular formula is C12H16N4. The second kappa shape index (κ2) is 3.63. The Balaban J connectivity index is 2.57. The minimum Gasteiger partial charge on any atom is -0.381 e. The average molecular weight is 216 g/mol. The van der Waals surface area contributed by atoms with Crippen LogP contribution in [0.3, 0.4) is 0 Å². The molecule has 0 aliphatic rings. The van der Waals surface area contributed by atoms with Gasteiger partial charge in [0.05, 0.1) is 11.9 Å². The first-order valence-electron chi connectivity index (χ1n) is 5.26. The van der Waals surface area contributed by atoms with Crippen LogP contribution in [-0.4, -0.2) is 15.0 Å². The first kappa shape index (κ1) is 10.7. The third-order valence-corrected chi connectivity index (χ3v) is 2.47. The number of anilines is 1. The molecule has 0 unspecified atom stereocenters. The molecule has 2 N–H and O–H groups in total. The first-order valence-corrected chi connectivity index (χ1v) is 5.26. The standard InChI is InChI=1S/C12H16N4/c1-12(2,3)9-6-4-5-7-10(9)16-8-11(13)14-15-16/h4-8H,13H2,1-3H3. The summed E-state index contributed by atoms with van der Waals surface area (Å²) in [5.41, 5.74) is 7.90. The largest absolute Gasteiger partial charge is 0.381 e. The van der Waals surface area contributed by atoms with Crippen molar-refractivity contribution in [1.29, 1.82) is 0 Å². The minimum atomic E-state index is 0.0668. The topological polar surface area (TPSA) is 56.7 Å². The van der Waals surface area contributed by atoms with Crippen LogP contribution < -0.4 is 5.73 Å². The Bertz CT molecular complexity index is 494. The molecule has 0 atom stereocenters. The lowest BCUT2D eigenvalue weighted by Gasteiger charge is -2.22. The third-order valence-electron chi connectivity index (χ3n) is 2.47. The van der Waals surface area contributed by atoms with E-state index in [1.807, 2.05) is 18.2 Å². The second-order valence-corrected chi connectivity index (χ2v) is 4.86. The Labute approximate surface area is 95.1 Å². The van der Waals surface area contributed by atoms with E-state index in [0.29, 0.717) is 5.82 Å². The van der Waals surface area contributed by atoms with E-state index < -0.39 is 0 Å². The molecule has 0 amide bonds. The molecule has 2 aromatic rings. The van der Waals surface area contributed by atoms with Gasteiger partial charge in [0, 0.05) is 0 Å². The third kappa shape index (κ3) is 1.91. The van der Waals surface area contributed by atoms with Gasteiger partial charge in [-0.1, -0.05) is 44.2 Å². The van der Waals surface area contributed by atoms with E-state index >= 15 is 0 Å². The van der Waals surface area contributed by atoms with Gasteiger partial charge in [-0.05, 0) is 17.0 Å². The Morgan fingerprint density at radius 2 is 1.88 bits per heavy atom. The van der Waals surface area contributed by atoms with Crippen LogP contribution in [0.5, 0.6) is 0 Å². The highest BCUT2D eigenvalue weighted by Crippen LogP contribution is 2.27. The molecule has 0 saturated carbocycles. The van der Waals surface area contributed by atoms with Crippen molar-refractivity contribution in [3.8, 4) is 5.69 Å². The van der Waals surface area contributed by atoms with Crippen LogP contribution in [0.2, 0.25) is 0 Å². The SMILES string of the molecule is CC(C)(C)c1ccccc1-n1cc(N)nn1. The number of nitrogens with two attached hydrogens (primary N) is 1. The molecule has 2 rings (SSSR count). The Kier molecular flexibility index (Phi) is 2.42. The average Bonchev–Trinajstić information content (AvgIpc) is 2.64. The van der Waals surface area contributed by atoms with Gasteiger partial charge in [-0.15, -0.1) is 5.10 Å². The second-order valence-electron chi connectivity index (χ2n) is 4.86. The molecule has 0 bridgehead atoms. The molecular weight excluding hydrogens is 200 g/mol. The quantitative estimate of drug-likeness (QED) is 0.794. The predicted octanol–water partition coefficient (Wildman–Crippen LogP) is 2.15. The van der Waals surface area contributed by atoms with Crippen LogP contribution in [0, 0.1) is 0 Å². The van der Waals surface area contributed by atoms with Crippen molar-refractivity contribution in [2.45, 2.75) is 26.2 Å². The molecule has 16 heavy (non-hydrogen) atoms. The highest BCUT2D eigenvalue weighted by atomic mass is 15.4. The van der Waals surface area contributed by atoms with Gasteiger partial charge in [-0.2, -0.15) is 0 Å². The minimum absolute atomic E-state index is 0.0668. The Hall–Kier alpha value is -1.84. The lowest BCUT2D eigenvalue weighted by molar-refractivity contribution is 0.582. The van der Waals surface area contributed by atoms with Crippen molar-refractivity contribution in [2.24, 2.45) is 0 Å². The van der Waals surface area contributed by atoms with Gasteiger partial charge in [0.1, 0.15) is 0 Å². The summed E-state index contributed by atoms with van der Waals surface area (Å²) < 4.78 is 1.72. The highest BCUT2D eigenvalue weighted by Gasteiger charge is 2.18. The summed E-state index contributed by atoms with van der Waals surface area (Å²) in [6.07, 6.45) is 1.73. The van der Waals surface area contributed by atoms with Crippen LogP contribution in [0.1, 0.15) is 26.3 Å². The van der Waals surface area contributed by atoms with E-state index in [0.717, 1.165) is 5.69 Å². The van der Waals surface area contributed by atoms with Crippen molar-refractivity contribution in [3.05, 3.63) is 36.0 Å². The van der Waals surface area contributed by atoms with Gasteiger partial charge < -0.3 is 5.73 Å². The summed E-state index contributed by atoms with van der Waals surface area (Å²) in [4.78, 5) is 0. The highest BCUT2D eigenvalue weighted by molar-refractivity contribution is 5.45. The van der Waals surface area contributed by atoms with Gasteiger partial charge in [-0.25, -0.2) is 4.68 Å². The molecule has 0 saturated heterocycles. The summed E-state index contributed by atoms with van der Waals surface area (Å²) in [5, 5.41) is 7.81. The van der Waals surface area contributed by atoms with Gasteiger partial charge >= 0.3 is 0 Å². The zero-order valence-electron chi connectivity index (χ0n) is 9.81. The van der Waals surface area contributed by atoms with Gasteiger partial charge in [0.25, 0.3) is 0 Å². The molecule has 0 radical (unpaired) electrons. The lowest BCUT2D eigenvalue weighted by Crippen LogP contribution is -2.15. The number of nitrogen functional groups attached to an aromatic ring is 1. The van der Waals surface area contributed by atoms with E-state index in [9.17, 15) is 0 Å². The fourth-order valence-electron chi connectivity index (χ4n) is 1.70. The summed E-state index contributed by atoms with van der Waals surface area (Å²) in [7, 11) is 0. The monoisotopic (exact) mass is 216 g/mol. The maximum Gasteiger partial charge on any atom is 0.166 e. The van der Waals surface area contributed by atoms with E-state index in [-0.39, 0.29) is 5.41 Å². The van der Waals surface area contributed by atoms with Crippen molar-refractivity contribution < 1.29 is 0 Å². The van der Waals surface area contributed by atoms with E-state index in [2.05, 4.69) is 37.1 Å². The fraction of sp³-hybridized carbons (Fsp3) is 0.333. The van der Waals surface area contributed by atoms with Crippen LogP contribution >= 0.6 is 0 Å². The molecule has 0 fully saturated rings. The van der Waals surface area contributed by atoms with Crippen LogP contribution in [0.15, 0.2) is 30.5 Å². The number of benzene rings is 1. The van der Waals surface area contributed by atoms with Crippen molar-refractivity contribution in [2.75, 3.05) is 5.73 Å². The lowest BCUT2D eigenvalue weighted by atomic mass is 9.86. The van der Waals surface area contributed by atoms with Crippen LogP contribution in [0.25, 0.3) is 5.69 Å². The van der Waals surface area contributed by atoms with E-state index in [1.54, 1.807) is 10.9 Å². The van der Waals surface area contributed by atoms with Crippen molar-refractivity contribution in [3.63, 3.8) is 0 Å². The number of nitrogens with zero attached hydrogens (tertiary/aromatic N) is 3. The maximum absolute atomic E-state index is 5.58. The summed E-state index contributed by atoms with van der Waals surface area (Å²) in [6, 6.07) is 8.15. The molecule has 1 heterocycles. The Morgan fingerprint density at radius 3 is 2.44 bits per heavy atom. The predicted molar refractivity (Wildman–Crippen MR) is 64.5 cm³/mol. The van der Waals surface area contributed by atoms with Gasteiger partial charge in [0.2, 0.25) is 0 Å². The fourth-order valence-corrected chi connectivity index (χ4v) is 1.70. The normalized spacial score (nSPS) is 11.7. The molecule has 84 valence electrons. The van der Waals surface area contributed by atoms with Gasteiger partial charge in [0.15, 0.2) is 5.82 Å². The van der Waals surface area contributed by atoms with Gasteiger partial charge in [-0.3, -0.25) is 0 Å². The Morgan fingerprint density at radius 1 is 1.19 bits per heavy atom. The molecule has 4 nitrogen and oxygen atoms in total. The molecule has 0 spiro atoms. The van der Waals surface area contributed by atoms with Crippen molar-refractivity contribution >= 4 is 5.82 Å². The molecule has 1 aromatic heterocycles.